The Kier molecular flexibility index (Phi) is 9.14. The van der Waals surface area contributed by atoms with Crippen molar-refractivity contribution in [1.29, 1.82) is 0 Å². The number of benzene rings is 1. The van der Waals surface area contributed by atoms with Gasteiger partial charge in [-0.05, 0) is 39.0 Å². The predicted molar refractivity (Wildman–Crippen MR) is 127 cm³/mol. The molecule has 35 heavy (non-hydrogen) atoms. The zero-order chi connectivity index (χ0) is 25.8. The molecular formula is C22H29N2O9PS. The topological polar surface area (TPSA) is 152 Å². The van der Waals surface area contributed by atoms with Gasteiger partial charge in [-0.1, -0.05) is 18.2 Å². The molecule has 1 aromatic rings. The number of nitrogens with one attached hydrogen (secondary N) is 1. The fourth-order valence-corrected chi connectivity index (χ4v) is 6.46. The van der Waals surface area contributed by atoms with Crippen LogP contribution in [0.3, 0.4) is 0 Å². The lowest BCUT2D eigenvalue weighted by Gasteiger charge is -2.29. The van der Waals surface area contributed by atoms with Gasteiger partial charge in [0, 0.05) is 6.20 Å². The van der Waals surface area contributed by atoms with E-state index in [4.69, 9.17) is 13.8 Å². The molecular weight excluding hydrogens is 499 g/mol. The molecule has 13 heteroatoms. The average Bonchev–Trinajstić information content (AvgIpc) is 3.06. The van der Waals surface area contributed by atoms with Crippen LogP contribution >= 0.6 is 19.5 Å². The Balaban J connectivity index is 1.72. The van der Waals surface area contributed by atoms with Gasteiger partial charge in [-0.15, -0.1) is 11.8 Å². The summed E-state index contributed by atoms with van der Waals surface area (Å²) in [5.74, 6) is -1.28. The van der Waals surface area contributed by atoms with Crippen LogP contribution in [0.15, 0.2) is 42.6 Å². The molecule has 3 rings (SSSR count). The molecule has 0 aliphatic carbocycles. The van der Waals surface area contributed by atoms with Crippen molar-refractivity contribution in [2.24, 2.45) is 0 Å². The number of aliphatic hydroxyl groups is 2. The Hall–Kier alpha value is -2.21. The standard InChI is InChI=1S/C22H29N2O9PS/c1-13(2)32-22(29)14(3)23-34(30,33-16-7-5-4-6-8-16)31-12-17-19(27)20(28)21(35-17)24-10-9-15(25)11-18(24)26/h4-10,13-14,17,19-21,27-28H,11-12H2,1-3H3,(H,23,30)/t14-,17+,19+,20+,21+,34?/m0/s1. The highest BCUT2D eigenvalue weighted by molar-refractivity contribution is 8.00. The summed E-state index contributed by atoms with van der Waals surface area (Å²) in [6.45, 7) is 4.47. The maximum absolute atomic E-state index is 13.6. The normalized spacial score (nSPS) is 27.1. The zero-order valence-corrected chi connectivity index (χ0v) is 21.2. The fourth-order valence-electron chi connectivity index (χ4n) is 3.38. The number of carbonyl (C=O) groups is 3. The first-order valence-corrected chi connectivity index (χ1v) is 13.5. The summed E-state index contributed by atoms with van der Waals surface area (Å²) in [6, 6.07) is 7.15. The van der Waals surface area contributed by atoms with Crippen molar-refractivity contribution < 1.29 is 42.9 Å². The van der Waals surface area contributed by atoms with E-state index < -0.39 is 48.5 Å². The van der Waals surface area contributed by atoms with Gasteiger partial charge in [0.15, 0.2) is 5.78 Å². The minimum absolute atomic E-state index is 0.221. The van der Waals surface area contributed by atoms with Crippen LogP contribution in [0.25, 0.3) is 0 Å². The molecule has 0 radical (unpaired) electrons. The Morgan fingerprint density at radius 2 is 1.89 bits per heavy atom. The van der Waals surface area contributed by atoms with Gasteiger partial charge in [0.2, 0.25) is 5.91 Å². The lowest BCUT2D eigenvalue weighted by Crippen LogP contribution is -2.44. The highest BCUT2D eigenvalue weighted by atomic mass is 32.2. The number of hydrogen-bond acceptors (Lipinski definition) is 10. The monoisotopic (exact) mass is 528 g/mol. The van der Waals surface area contributed by atoms with Crippen molar-refractivity contribution in [3.05, 3.63) is 42.6 Å². The number of amides is 1. The number of para-hydroxylation sites is 1. The number of ether oxygens (including phenoxy) is 1. The first-order valence-electron chi connectivity index (χ1n) is 11.0. The number of aliphatic hydroxyl groups excluding tert-OH is 2. The van der Waals surface area contributed by atoms with Gasteiger partial charge in [0.25, 0.3) is 0 Å². The summed E-state index contributed by atoms with van der Waals surface area (Å²) < 4.78 is 29.9. The first-order chi connectivity index (χ1) is 16.5. The molecule has 1 unspecified atom stereocenters. The van der Waals surface area contributed by atoms with Gasteiger partial charge >= 0.3 is 13.7 Å². The van der Waals surface area contributed by atoms with E-state index in [1.807, 2.05) is 0 Å². The fraction of sp³-hybridized carbons (Fsp3) is 0.500. The van der Waals surface area contributed by atoms with Crippen molar-refractivity contribution in [2.45, 2.75) is 62.2 Å². The molecule has 11 nitrogen and oxygen atoms in total. The summed E-state index contributed by atoms with van der Waals surface area (Å²) in [6.07, 6.45) is -0.861. The van der Waals surface area contributed by atoms with E-state index in [9.17, 15) is 29.2 Å². The van der Waals surface area contributed by atoms with Gasteiger partial charge in [-0.3, -0.25) is 18.9 Å². The summed E-state index contributed by atoms with van der Waals surface area (Å²) in [5.41, 5.74) is 0. The second-order valence-corrected chi connectivity index (χ2v) is 11.4. The van der Waals surface area contributed by atoms with E-state index in [-0.39, 0.29) is 30.7 Å². The molecule has 3 N–H and O–H groups in total. The van der Waals surface area contributed by atoms with Gasteiger partial charge in [-0.25, -0.2) is 4.57 Å². The van der Waals surface area contributed by atoms with Gasteiger partial charge < -0.3 is 24.4 Å². The van der Waals surface area contributed by atoms with Crippen LogP contribution in [0.5, 0.6) is 5.75 Å². The van der Waals surface area contributed by atoms with E-state index in [1.165, 1.54) is 24.1 Å². The van der Waals surface area contributed by atoms with E-state index in [0.29, 0.717) is 0 Å². The largest absolute Gasteiger partial charge is 0.462 e. The van der Waals surface area contributed by atoms with Crippen LogP contribution in [0, 0.1) is 0 Å². The molecule has 1 fully saturated rings. The number of nitrogens with zero attached hydrogens (tertiary/aromatic N) is 1. The predicted octanol–water partition coefficient (Wildman–Crippen LogP) is 1.60. The second-order valence-electron chi connectivity index (χ2n) is 8.34. The molecule has 2 aliphatic rings. The molecule has 192 valence electrons. The van der Waals surface area contributed by atoms with Crippen molar-refractivity contribution >= 4 is 37.2 Å². The molecule has 0 bridgehead atoms. The second kappa shape index (κ2) is 11.7. The first kappa shape index (κ1) is 27.4. The summed E-state index contributed by atoms with van der Waals surface area (Å²) in [5, 5.41) is 22.0. The van der Waals surface area contributed by atoms with E-state index in [2.05, 4.69) is 5.09 Å². The van der Waals surface area contributed by atoms with E-state index in [1.54, 1.807) is 44.2 Å². The lowest BCUT2D eigenvalue weighted by molar-refractivity contribution is -0.149. The van der Waals surface area contributed by atoms with Crippen LogP contribution < -0.4 is 9.61 Å². The number of allylic oxidation sites excluding steroid dienone is 1. The molecule has 1 amide bonds. The third kappa shape index (κ3) is 7.16. The van der Waals surface area contributed by atoms with Crippen molar-refractivity contribution in [3.8, 4) is 5.75 Å². The Bertz CT molecular complexity index is 1010. The van der Waals surface area contributed by atoms with Crippen molar-refractivity contribution in [2.75, 3.05) is 6.61 Å². The smallest absolute Gasteiger partial charge is 0.459 e. The van der Waals surface area contributed by atoms with Crippen LogP contribution in [0.1, 0.15) is 27.2 Å². The maximum Gasteiger partial charge on any atom is 0.459 e. The Labute approximate surface area is 207 Å². The minimum Gasteiger partial charge on any atom is -0.462 e. The number of thioether (sulfide) groups is 1. The minimum atomic E-state index is -4.16. The maximum atomic E-state index is 13.6. The van der Waals surface area contributed by atoms with E-state index >= 15 is 0 Å². The Morgan fingerprint density at radius 1 is 1.20 bits per heavy atom. The van der Waals surface area contributed by atoms with E-state index in [0.717, 1.165) is 11.8 Å². The number of ketones is 1. The highest BCUT2D eigenvalue weighted by Gasteiger charge is 2.47. The van der Waals surface area contributed by atoms with Crippen molar-refractivity contribution in [1.82, 2.24) is 9.99 Å². The molecule has 0 spiro atoms. The van der Waals surface area contributed by atoms with Crippen LogP contribution in [-0.4, -0.2) is 74.4 Å². The summed E-state index contributed by atoms with van der Waals surface area (Å²) in [7, 11) is -4.16. The number of carbonyl (C=O) groups excluding carboxylic acids is 3. The lowest BCUT2D eigenvalue weighted by atomic mass is 10.1. The SMILES string of the molecule is CC(C)OC(=O)[C@H](C)NP(=O)(OC[C@H]1S[C@@H](N2C=CC(=O)CC2=O)[C@H](O)[C@@H]1O)Oc1ccccc1. The molecule has 6 atom stereocenters. The molecule has 0 saturated carbocycles. The molecule has 1 saturated heterocycles. The van der Waals surface area contributed by atoms with Gasteiger partial charge in [0.05, 0.1) is 30.5 Å². The number of rotatable bonds is 10. The molecule has 2 aliphatic heterocycles. The summed E-state index contributed by atoms with van der Waals surface area (Å²) >= 11 is 1.04. The third-order valence-electron chi connectivity index (χ3n) is 5.08. The number of esters is 1. The van der Waals surface area contributed by atoms with Crippen LogP contribution in [0.2, 0.25) is 0 Å². The highest BCUT2D eigenvalue weighted by Crippen LogP contribution is 2.47. The molecule has 1 aromatic carbocycles. The average molecular weight is 529 g/mol. The number of hydrogen-bond donors (Lipinski definition) is 3. The quantitative estimate of drug-likeness (QED) is 0.231. The van der Waals surface area contributed by atoms with Crippen molar-refractivity contribution in [3.63, 3.8) is 0 Å². The van der Waals surface area contributed by atoms with Gasteiger partial charge in [0.1, 0.15) is 23.3 Å². The summed E-state index contributed by atoms with van der Waals surface area (Å²) in [4.78, 5) is 37.1. The van der Waals surface area contributed by atoms with Gasteiger partial charge in [-0.2, -0.15) is 5.09 Å². The zero-order valence-electron chi connectivity index (χ0n) is 19.5. The van der Waals surface area contributed by atoms with Crippen LogP contribution in [-0.2, 0) is 28.2 Å². The third-order valence-corrected chi connectivity index (χ3v) is 8.27. The van der Waals surface area contributed by atoms with Crippen LogP contribution in [0.4, 0.5) is 0 Å². The molecule has 0 aromatic heterocycles. The molecule has 2 heterocycles. The Morgan fingerprint density at radius 3 is 2.51 bits per heavy atom.